The van der Waals surface area contributed by atoms with Gasteiger partial charge in [0.15, 0.2) is 12.2 Å². The third kappa shape index (κ3) is 8.56. The van der Waals surface area contributed by atoms with Crippen molar-refractivity contribution in [2.75, 3.05) is 39.6 Å². The van der Waals surface area contributed by atoms with Gasteiger partial charge in [-0.3, -0.25) is 9.59 Å². The molecule has 2 unspecified atom stereocenters. The molecule has 208 valence electrons. The topological polar surface area (TPSA) is 89.5 Å². The highest BCUT2D eigenvalue weighted by Crippen LogP contribution is 2.43. The first-order valence-corrected chi connectivity index (χ1v) is 12.8. The van der Waals surface area contributed by atoms with Gasteiger partial charge in [0.2, 0.25) is 0 Å². The summed E-state index contributed by atoms with van der Waals surface area (Å²) in [5.41, 5.74) is 1.04. The number of aryl methyl sites for hydroxylation is 1. The highest BCUT2D eigenvalue weighted by molar-refractivity contribution is 6.11. The van der Waals surface area contributed by atoms with E-state index in [2.05, 4.69) is 13.2 Å². The Labute approximate surface area is 229 Å². The molecule has 0 aliphatic rings. The van der Waals surface area contributed by atoms with Crippen LogP contribution < -0.4 is 9.47 Å². The molecule has 3 aromatic carbocycles. The molecular formula is C31H36O8. The van der Waals surface area contributed by atoms with Crippen molar-refractivity contribution in [3.05, 3.63) is 73.3 Å². The van der Waals surface area contributed by atoms with Gasteiger partial charge >= 0.3 is 11.9 Å². The van der Waals surface area contributed by atoms with Crippen molar-refractivity contribution in [2.45, 2.75) is 33.0 Å². The highest BCUT2D eigenvalue weighted by Gasteiger charge is 2.21. The van der Waals surface area contributed by atoms with Crippen molar-refractivity contribution in [3.63, 3.8) is 0 Å². The molecule has 2 atom stereocenters. The van der Waals surface area contributed by atoms with Crippen LogP contribution in [0.25, 0.3) is 21.5 Å². The van der Waals surface area contributed by atoms with Crippen LogP contribution in [0.2, 0.25) is 0 Å². The number of hydrogen-bond acceptors (Lipinski definition) is 8. The van der Waals surface area contributed by atoms with Gasteiger partial charge in [0.1, 0.15) is 24.7 Å². The Balaban J connectivity index is 1.99. The maximum Gasteiger partial charge on any atom is 0.303 e. The summed E-state index contributed by atoms with van der Waals surface area (Å²) < 4.78 is 34.5. The number of esters is 2. The molecule has 0 bridgehead atoms. The van der Waals surface area contributed by atoms with Gasteiger partial charge in [0, 0.05) is 35.4 Å². The van der Waals surface area contributed by atoms with E-state index in [0.29, 0.717) is 24.7 Å². The van der Waals surface area contributed by atoms with Crippen LogP contribution in [0.1, 0.15) is 19.4 Å². The van der Waals surface area contributed by atoms with Gasteiger partial charge in [-0.1, -0.05) is 54.1 Å². The highest BCUT2D eigenvalue weighted by atomic mass is 16.6. The zero-order valence-electron chi connectivity index (χ0n) is 22.8. The minimum Gasteiger partial charge on any atom is -0.488 e. The molecule has 0 aromatic heterocycles. The molecule has 0 saturated heterocycles. The van der Waals surface area contributed by atoms with Crippen molar-refractivity contribution >= 4 is 33.5 Å². The van der Waals surface area contributed by atoms with Gasteiger partial charge in [-0.2, -0.15) is 0 Å². The van der Waals surface area contributed by atoms with Crippen LogP contribution in [-0.2, 0) is 28.5 Å². The van der Waals surface area contributed by atoms with Crippen molar-refractivity contribution in [1.82, 2.24) is 0 Å². The molecule has 0 heterocycles. The normalized spacial score (nSPS) is 12.5. The fraction of sp³-hybridized carbons (Fsp3) is 0.355. The average Bonchev–Trinajstić information content (AvgIpc) is 2.89. The minimum absolute atomic E-state index is 0.0963. The van der Waals surface area contributed by atoms with E-state index in [0.717, 1.165) is 27.1 Å². The lowest BCUT2D eigenvalue weighted by Crippen LogP contribution is -2.29. The van der Waals surface area contributed by atoms with E-state index in [9.17, 15) is 9.59 Å². The van der Waals surface area contributed by atoms with E-state index in [4.69, 9.17) is 28.4 Å². The molecule has 0 amide bonds. The van der Waals surface area contributed by atoms with E-state index < -0.39 is 24.1 Å². The van der Waals surface area contributed by atoms with E-state index in [1.165, 1.54) is 13.8 Å². The van der Waals surface area contributed by atoms with Gasteiger partial charge in [-0.05, 0) is 13.0 Å². The van der Waals surface area contributed by atoms with Crippen molar-refractivity contribution in [2.24, 2.45) is 0 Å². The van der Waals surface area contributed by atoms with Crippen LogP contribution >= 0.6 is 0 Å². The quantitative estimate of drug-likeness (QED) is 0.105. The lowest BCUT2D eigenvalue weighted by atomic mass is 9.99. The molecule has 8 heteroatoms. The molecule has 0 fully saturated rings. The summed E-state index contributed by atoms with van der Waals surface area (Å²) >= 11 is 0. The summed E-state index contributed by atoms with van der Waals surface area (Å²) in [7, 11) is 0. The molecule has 0 saturated carbocycles. The zero-order chi connectivity index (χ0) is 28.2. The largest absolute Gasteiger partial charge is 0.488 e. The summed E-state index contributed by atoms with van der Waals surface area (Å²) in [6, 6.07) is 13.7. The fourth-order valence-corrected chi connectivity index (χ4v) is 4.14. The van der Waals surface area contributed by atoms with Gasteiger partial charge in [-0.25, -0.2) is 0 Å². The maximum absolute atomic E-state index is 11.7. The molecule has 0 aliphatic carbocycles. The van der Waals surface area contributed by atoms with Crippen molar-refractivity contribution in [3.8, 4) is 11.5 Å². The molecule has 0 N–H and O–H groups in total. The summed E-state index contributed by atoms with van der Waals surface area (Å²) in [6.07, 6.45) is 2.06. The van der Waals surface area contributed by atoms with Crippen LogP contribution in [0.15, 0.2) is 67.8 Å². The molecule has 0 radical (unpaired) electrons. The first-order chi connectivity index (χ1) is 18.8. The van der Waals surface area contributed by atoms with Crippen LogP contribution in [0.5, 0.6) is 11.5 Å². The summed E-state index contributed by atoms with van der Waals surface area (Å²) in [5.74, 6) is 0.446. The van der Waals surface area contributed by atoms with Crippen LogP contribution in [-0.4, -0.2) is 63.8 Å². The lowest BCUT2D eigenvalue weighted by Gasteiger charge is -2.22. The number of carbonyl (C=O) groups excluding carboxylic acids is 2. The molecule has 8 nitrogen and oxygen atoms in total. The number of rotatable bonds is 16. The van der Waals surface area contributed by atoms with Crippen LogP contribution in [0, 0.1) is 6.92 Å². The number of benzene rings is 3. The van der Waals surface area contributed by atoms with Crippen molar-refractivity contribution in [1.29, 1.82) is 0 Å². The van der Waals surface area contributed by atoms with Crippen LogP contribution in [0.3, 0.4) is 0 Å². The smallest absolute Gasteiger partial charge is 0.303 e. The molecule has 3 aromatic rings. The predicted octanol–water partition coefficient (Wildman–Crippen LogP) is 5.33. The number of ether oxygens (including phenoxy) is 6. The Bertz CT molecular complexity index is 1300. The minimum atomic E-state index is -0.600. The molecule has 0 aliphatic heterocycles. The Morgan fingerprint density at radius 2 is 1.18 bits per heavy atom. The summed E-state index contributed by atoms with van der Waals surface area (Å²) in [4.78, 5) is 23.3. The van der Waals surface area contributed by atoms with Gasteiger partial charge in [0.05, 0.1) is 26.4 Å². The Kier molecular flexibility index (Phi) is 11.3. The van der Waals surface area contributed by atoms with E-state index in [1.807, 2.05) is 49.4 Å². The molecule has 0 spiro atoms. The second kappa shape index (κ2) is 14.9. The predicted molar refractivity (Wildman–Crippen MR) is 150 cm³/mol. The lowest BCUT2D eigenvalue weighted by molar-refractivity contribution is -0.151. The summed E-state index contributed by atoms with van der Waals surface area (Å²) in [6.45, 7) is 13.2. The Morgan fingerprint density at radius 1 is 0.718 bits per heavy atom. The number of hydrogen-bond donors (Lipinski definition) is 0. The Morgan fingerprint density at radius 3 is 1.64 bits per heavy atom. The zero-order valence-corrected chi connectivity index (χ0v) is 22.8. The summed E-state index contributed by atoms with van der Waals surface area (Å²) in [5, 5.41) is 3.31. The fourth-order valence-electron chi connectivity index (χ4n) is 4.14. The molecular weight excluding hydrogens is 500 g/mol. The van der Waals surface area contributed by atoms with Gasteiger partial charge in [-0.15, -0.1) is 13.2 Å². The molecule has 39 heavy (non-hydrogen) atoms. The van der Waals surface area contributed by atoms with Crippen LogP contribution in [0.4, 0.5) is 0 Å². The standard InChI is InChI=1S/C31H36O8/c1-6-14-34-17-24(38-22(4)32)19-36-30-26-10-8-9-11-27(26)31(29-16-21(3)12-13-28(29)30)37-20-25(39-23(5)33)18-35-15-7-2/h6-13,16,24-25H,1-2,14-15,17-20H2,3-5H3. The van der Waals surface area contributed by atoms with Gasteiger partial charge in [0.25, 0.3) is 0 Å². The molecule has 3 rings (SSSR count). The van der Waals surface area contributed by atoms with E-state index >= 15 is 0 Å². The van der Waals surface area contributed by atoms with Crippen molar-refractivity contribution < 1.29 is 38.0 Å². The second-order valence-electron chi connectivity index (χ2n) is 8.99. The number of carbonyl (C=O) groups is 2. The SMILES string of the molecule is C=CCOCC(COc1c2ccccc2c(OCC(COCC=C)OC(C)=O)c2cc(C)ccc12)OC(C)=O. The number of fused-ring (bicyclic) bond motifs is 2. The Hall–Kier alpha value is -3.88. The third-order valence-corrected chi connectivity index (χ3v) is 5.65. The van der Waals surface area contributed by atoms with Gasteiger partial charge < -0.3 is 28.4 Å². The third-order valence-electron chi connectivity index (χ3n) is 5.65. The monoisotopic (exact) mass is 536 g/mol. The maximum atomic E-state index is 11.7. The van der Waals surface area contributed by atoms with E-state index in [-0.39, 0.29) is 26.4 Å². The first-order valence-electron chi connectivity index (χ1n) is 12.8. The first kappa shape index (κ1) is 29.7. The van der Waals surface area contributed by atoms with E-state index in [1.54, 1.807) is 12.2 Å². The average molecular weight is 537 g/mol. The second-order valence-corrected chi connectivity index (χ2v) is 8.99.